The summed E-state index contributed by atoms with van der Waals surface area (Å²) in [6.07, 6.45) is -4.67. The Bertz CT molecular complexity index is 928. The van der Waals surface area contributed by atoms with E-state index >= 15 is 0 Å². The van der Waals surface area contributed by atoms with Gasteiger partial charge < -0.3 is 25.4 Å². The number of aryl methyl sites for hydroxylation is 1. The second-order valence-corrected chi connectivity index (χ2v) is 8.83. The third-order valence-corrected chi connectivity index (χ3v) is 6.29. The molecule has 0 saturated carbocycles. The van der Waals surface area contributed by atoms with Gasteiger partial charge in [-0.2, -0.15) is 13.2 Å². The van der Waals surface area contributed by atoms with Crippen molar-refractivity contribution in [1.82, 2.24) is 9.80 Å². The van der Waals surface area contributed by atoms with Crippen LogP contribution in [0.15, 0.2) is 30.3 Å². The van der Waals surface area contributed by atoms with Gasteiger partial charge in [-0.15, -0.1) is 0 Å². The lowest BCUT2D eigenvalue weighted by Gasteiger charge is -2.39. The Labute approximate surface area is 213 Å². The molecule has 2 amide bonds. The predicted octanol–water partition coefficient (Wildman–Crippen LogP) is 2.51. The largest absolute Gasteiger partial charge is 0.480 e. The number of nitrogens with zero attached hydrogens (tertiary/aromatic N) is 2. The van der Waals surface area contributed by atoms with E-state index in [4.69, 9.17) is 10.5 Å². The van der Waals surface area contributed by atoms with Gasteiger partial charge in [-0.05, 0) is 64.0 Å². The Morgan fingerprint density at radius 2 is 1.81 bits per heavy atom. The van der Waals surface area contributed by atoms with Gasteiger partial charge in [0.1, 0.15) is 18.1 Å². The van der Waals surface area contributed by atoms with Gasteiger partial charge in [0.2, 0.25) is 5.91 Å². The van der Waals surface area contributed by atoms with Crippen molar-refractivity contribution < 1.29 is 42.2 Å². The van der Waals surface area contributed by atoms with Crippen LogP contribution in [0.25, 0.3) is 0 Å². The zero-order chi connectivity index (χ0) is 27.6. The maximum Gasteiger partial charge on any atom is 0.471 e. The monoisotopic (exact) mass is 529 g/mol. The predicted molar refractivity (Wildman–Crippen MR) is 127 cm³/mol. The minimum atomic E-state index is -5.39. The number of hydrogen-bond acceptors (Lipinski definition) is 6. The Morgan fingerprint density at radius 3 is 2.38 bits per heavy atom. The highest BCUT2D eigenvalue weighted by molar-refractivity contribution is 5.95. The first kappa shape index (κ1) is 30.1. The molecular formula is C25H34F3N3O6. The average molecular weight is 530 g/mol. The Hall–Kier alpha value is -3.15. The number of amides is 2. The number of hydrogen-bond donors (Lipinski definition) is 2. The van der Waals surface area contributed by atoms with Gasteiger partial charge in [-0.3, -0.25) is 9.59 Å². The molecule has 3 atom stereocenters. The molecule has 0 radical (unpaired) electrons. The van der Waals surface area contributed by atoms with Crippen molar-refractivity contribution in [3.05, 3.63) is 35.9 Å². The molecule has 0 bridgehead atoms. The van der Waals surface area contributed by atoms with Gasteiger partial charge in [0.15, 0.2) is 0 Å². The number of nitrogens with two attached hydrogens (primary N) is 1. The first-order chi connectivity index (χ1) is 17.5. The number of unbranched alkanes of at least 4 members (excludes halogenated alkanes) is 1. The first-order valence-electron chi connectivity index (χ1n) is 12.4. The SMILES string of the molecule is CCOC(=O)[C@H](CCc1ccccc1)N(C(=O)C(F)(F)F)[C@@H](CCCCN)C(=O)N1CCC[C@H]1C(=O)O. The van der Waals surface area contributed by atoms with Crippen LogP contribution in [0.5, 0.6) is 0 Å². The summed E-state index contributed by atoms with van der Waals surface area (Å²) in [5.41, 5.74) is 6.25. The van der Waals surface area contributed by atoms with Crippen molar-refractivity contribution in [2.24, 2.45) is 5.73 Å². The fourth-order valence-electron chi connectivity index (χ4n) is 4.55. The number of alkyl halides is 3. The Kier molecular flexibility index (Phi) is 11.4. The highest BCUT2D eigenvalue weighted by Crippen LogP contribution is 2.29. The topological polar surface area (TPSA) is 130 Å². The van der Waals surface area contributed by atoms with Crippen LogP contribution >= 0.6 is 0 Å². The van der Waals surface area contributed by atoms with Crippen molar-refractivity contribution in [3.8, 4) is 0 Å². The number of rotatable bonds is 13. The zero-order valence-electron chi connectivity index (χ0n) is 20.8. The fraction of sp³-hybridized carbons (Fsp3) is 0.600. The van der Waals surface area contributed by atoms with Crippen molar-refractivity contribution >= 4 is 23.8 Å². The summed E-state index contributed by atoms with van der Waals surface area (Å²) < 4.78 is 46.7. The molecule has 0 spiro atoms. The summed E-state index contributed by atoms with van der Waals surface area (Å²) in [4.78, 5) is 52.4. The second kappa shape index (κ2) is 14.0. The van der Waals surface area contributed by atoms with E-state index in [1.54, 1.807) is 30.3 Å². The van der Waals surface area contributed by atoms with Crippen LogP contribution in [0, 0.1) is 0 Å². The molecule has 1 aliphatic heterocycles. The van der Waals surface area contributed by atoms with Gasteiger partial charge in [-0.1, -0.05) is 30.3 Å². The second-order valence-electron chi connectivity index (χ2n) is 8.83. The molecule has 9 nitrogen and oxygen atoms in total. The van der Waals surface area contributed by atoms with E-state index in [0.717, 1.165) is 4.90 Å². The van der Waals surface area contributed by atoms with Crippen molar-refractivity contribution in [2.75, 3.05) is 19.7 Å². The quantitative estimate of drug-likeness (QED) is 0.297. The third-order valence-electron chi connectivity index (χ3n) is 6.29. The smallest absolute Gasteiger partial charge is 0.471 e. The van der Waals surface area contributed by atoms with E-state index in [2.05, 4.69) is 0 Å². The number of benzene rings is 1. The van der Waals surface area contributed by atoms with Crippen LogP contribution in [0.1, 0.15) is 51.0 Å². The molecule has 1 saturated heterocycles. The maximum atomic E-state index is 13.9. The van der Waals surface area contributed by atoms with Gasteiger partial charge in [-0.25, -0.2) is 9.59 Å². The van der Waals surface area contributed by atoms with Gasteiger partial charge in [0.05, 0.1) is 6.61 Å². The lowest BCUT2D eigenvalue weighted by Crippen LogP contribution is -2.61. The summed E-state index contributed by atoms with van der Waals surface area (Å²) in [6, 6.07) is 4.01. The molecule has 0 aliphatic carbocycles. The van der Waals surface area contributed by atoms with E-state index in [1.807, 2.05) is 0 Å². The lowest BCUT2D eigenvalue weighted by atomic mass is 9.98. The van der Waals surface area contributed by atoms with Crippen LogP contribution in [-0.4, -0.2) is 82.7 Å². The minimum Gasteiger partial charge on any atom is -0.480 e. The first-order valence-corrected chi connectivity index (χ1v) is 12.4. The fourth-order valence-corrected chi connectivity index (χ4v) is 4.55. The molecule has 1 aromatic carbocycles. The molecule has 37 heavy (non-hydrogen) atoms. The van der Waals surface area contributed by atoms with E-state index in [1.165, 1.54) is 6.92 Å². The molecule has 1 heterocycles. The number of likely N-dealkylation sites (tertiary alicyclic amines) is 1. The van der Waals surface area contributed by atoms with Crippen LogP contribution < -0.4 is 5.73 Å². The molecule has 1 fully saturated rings. The van der Waals surface area contributed by atoms with E-state index in [9.17, 15) is 37.5 Å². The number of ether oxygens (including phenoxy) is 1. The molecule has 1 aromatic rings. The molecule has 1 aliphatic rings. The van der Waals surface area contributed by atoms with E-state index in [-0.39, 0.29) is 56.7 Å². The number of carboxylic acid groups (broad SMARTS) is 1. The van der Waals surface area contributed by atoms with Crippen LogP contribution in [0.4, 0.5) is 13.2 Å². The van der Waals surface area contributed by atoms with Crippen LogP contribution in [0.2, 0.25) is 0 Å². The Morgan fingerprint density at radius 1 is 1.14 bits per heavy atom. The zero-order valence-corrected chi connectivity index (χ0v) is 20.8. The van der Waals surface area contributed by atoms with Crippen molar-refractivity contribution in [3.63, 3.8) is 0 Å². The van der Waals surface area contributed by atoms with Crippen LogP contribution in [0.3, 0.4) is 0 Å². The lowest BCUT2D eigenvalue weighted by molar-refractivity contribution is -0.195. The number of carbonyl (C=O) groups excluding carboxylic acids is 3. The van der Waals surface area contributed by atoms with Gasteiger partial charge in [0, 0.05) is 6.54 Å². The van der Waals surface area contributed by atoms with Crippen molar-refractivity contribution in [2.45, 2.75) is 76.2 Å². The number of carboxylic acids is 1. The summed E-state index contributed by atoms with van der Waals surface area (Å²) in [5.74, 6) is -5.64. The molecule has 2 rings (SSSR count). The van der Waals surface area contributed by atoms with Gasteiger partial charge in [0.25, 0.3) is 0 Å². The highest BCUT2D eigenvalue weighted by atomic mass is 19.4. The molecule has 3 N–H and O–H groups in total. The summed E-state index contributed by atoms with van der Waals surface area (Å²) >= 11 is 0. The van der Waals surface area contributed by atoms with Crippen molar-refractivity contribution in [1.29, 1.82) is 0 Å². The molecule has 12 heteroatoms. The number of carbonyl (C=O) groups is 4. The summed E-state index contributed by atoms with van der Waals surface area (Å²) in [6.45, 7) is 1.55. The summed E-state index contributed by atoms with van der Waals surface area (Å²) in [5, 5.41) is 9.54. The molecular weight excluding hydrogens is 495 g/mol. The number of esters is 1. The normalized spacial score (nSPS) is 17.2. The molecule has 0 unspecified atom stereocenters. The number of halogens is 3. The standard InChI is InChI=1S/C25H34F3N3O6/c1-2-37-23(35)20(14-13-17-9-4-3-5-10-17)31(24(36)25(26,27)28)18(11-6-7-15-29)21(32)30-16-8-12-19(30)22(33)34/h3-5,9-10,18-20H,2,6-8,11-16,29H2,1H3,(H,33,34)/t18-,19-,20-/m0/s1. The Balaban J connectivity index is 2.55. The minimum absolute atomic E-state index is 0.0192. The van der Waals surface area contributed by atoms with E-state index in [0.29, 0.717) is 18.4 Å². The van der Waals surface area contributed by atoms with Crippen LogP contribution in [-0.2, 0) is 30.3 Å². The average Bonchev–Trinajstić information content (AvgIpc) is 3.35. The number of aliphatic carboxylic acids is 1. The highest BCUT2D eigenvalue weighted by Gasteiger charge is 2.51. The third kappa shape index (κ3) is 8.17. The van der Waals surface area contributed by atoms with E-state index < -0.39 is 48.1 Å². The maximum absolute atomic E-state index is 13.9. The molecule has 0 aromatic heterocycles. The summed E-state index contributed by atoms with van der Waals surface area (Å²) in [7, 11) is 0. The molecule has 206 valence electrons. The van der Waals surface area contributed by atoms with Gasteiger partial charge >= 0.3 is 24.0 Å².